The summed E-state index contributed by atoms with van der Waals surface area (Å²) in [6.07, 6.45) is 4.96. The molecule has 1 aromatic carbocycles. The highest BCUT2D eigenvalue weighted by Gasteiger charge is 2.32. The smallest absolute Gasteiger partial charge is 0.273 e. The summed E-state index contributed by atoms with van der Waals surface area (Å²) in [5.41, 5.74) is 2.43. The lowest BCUT2D eigenvalue weighted by atomic mass is 10.1. The van der Waals surface area contributed by atoms with Crippen molar-refractivity contribution in [3.05, 3.63) is 54.0 Å². The van der Waals surface area contributed by atoms with Crippen molar-refractivity contribution in [2.24, 2.45) is 0 Å². The Morgan fingerprint density at radius 3 is 2.94 bits per heavy atom. The molecule has 4 rings (SSSR count). The summed E-state index contributed by atoms with van der Waals surface area (Å²) in [6, 6.07) is 9.65. The summed E-state index contributed by atoms with van der Waals surface area (Å²) >= 11 is 0. The number of rotatable bonds is 8. The lowest BCUT2D eigenvalue weighted by molar-refractivity contribution is 0.0721. The first kappa shape index (κ1) is 20.7. The quantitative estimate of drug-likeness (QED) is 0.528. The number of likely N-dealkylation sites (tertiary alicyclic amines) is 1. The van der Waals surface area contributed by atoms with Crippen molar-refractivity contribution < 1.29 is 14.3 Å². The van der Waals surface area contributed by atoms with E-state index in [9.17, 15) is 9.59 Å². The molecule has 0 aliphatic carbocycles. The first-order valence-corrected chi connectivity index (χ1v) is 10.2. The van der Waals surface area contributed by atoms with Gasteiger partial charge in [-0.2, -0.15) is 5.10 Å². The van der Waals surface area contributed by atoms with Gasteiger partial charge in [-0.05, 0) is 12.8 Å². The van der Waals surface area contributed by atoms with Gasteiger partial charge in [0.15, 0.2) is 5.69 Å². The first-order valence-electron chi connectivity index (χ1n) is 10.2. The fraction of sp³-hybridized carbons (Fsp3) is 0.381. The molecule has 0 unspecified atom stereocenters. The molecule has 10 heteroatoms. The van der Waals surface area contributed by atoms with Crippen LogP contribution in [0.3, 0.4) is 0 Å². The molecule has 2 aromatic heterocycles. The molecule has 3 aromatic rings. The van der Waals surface area contributed by atoms with Crippen LogP contribution >= 0.6 is 0 Å². The molecule has 2 amide bonds. The van der Waals surface area contributed by atoms with Crippen LogP contribution in [0, 0.1) is 0 Å². The van der Waals surface area contributed by atoms with Crippen LogP contribution in [0.4, 0.5) is 0 Å². The van der Waals surface area contributed by atoms with E-state index in [4.69, 9.17) is 4.74 Å². The number of carbonyl (C=O) groups is 2. The summed E-state index contributed by atoms with van der Waals surface area (Å²) in [7, 11) is 1.57. The lowest BCUT2D eigenvalue weighted by Crippen LogP contribution is -2.38. The van der Waals surface area contributed by atoms with Gasteiger partial charge in [-0.25, -0.2) is 4.68 Å². The fourth-order valence-electron chi connectivity index (χ4n) is 3.79. The van der Waals surface area contributed by atoms with E-state index in [0.29, 0.717) is 37.5 Å². The average Bonchev–Trinajstić information content (AvgIpc) is 3.55. The molecule has 31 heavy (non-hydrogen) atoms. The molecule has 0 spiro atoms. The van der Waals surface area contributed by atoms with Crippen molar-refractivity contribution >= 4 is 11.8 Å². The molecule has 3 heterocycles. The maximum atomic E-state index is 13.3. The predicted octanol–water partition coefficient (Wildman–Crippen LogP) is 1.35. The normalized spacial score (nSPS) is 15.9. The standard InChI is InChI=1S/C21H25N7O3/c1-31-11-9-22-20(29)18-14-27(26-24-18)13-16-8-5-10-28(16)21(30)17-12-23-25-19(17)15-6-3-2-4-7-15/h2-4,6-7,12,14,16H,5,8-11,13H2,1H3,(H,22,29)(H,23,25)/t16-/m0/s1. The van der Waals surface area contributed by atoms with E-state index in [-0.39, 0.29) is 23.6 Å². The number of hydrogen-bond acceptors (Lipinski definition) is 6. The zero-order valence-corrected chi connectivity index (χ0v) is 17.3. The van der Waals surface area contributed by atoms with Crippen molar-refractivity contribution in [3.63, 3.8) is 0 Å². The van der Waals surface area contributed by atoms with Crippen LogP contribution in [0.1, 0.15) is 33.7 Å². The monoisotopic (exact) mass is 423 g/mol. The second-order valence-electron chi connectivity index (χ2n) is 7.39. The Morgan fingerprint density at radius 2 is 2.13 bits per heavy atom. The Bertz CT molecular complexity index is 1030. The third-order valence-electron chi connectivity index (χ3n) is 5.33. The third-order valence-corrected chi connectivity index (χ3v) is 5.33. The number of nitrogens with zero attached hydrogens (tertiary/aromatic N) is 5. The Balaban J connectivity index is 1.44. The number of ether oxygens (including phenoxy) is 1. The molecule has 2 N–H and O–H groups in total. The van der Waals surface area contributed by atoms with Crippen LogP contribution in [0.25, 0.3) is 11.3 Å². The molecule has 1 fully saturated rings. The Labute approximate surface area is 179 Å². The number of benzene rings is 1. The van der Waals surface area contributed by atoms with E-state index in [1.807, 2.05) is 35.2 Å². The number of aromatic amines is 1. The third kappa shape index (κ3) is 4.64. The largest absolute Gasteiger partial charge is 0.383 e. The van der Waals surface area contributed by atoms with Gasteiger partial charge in [0.2, 0.25) is 0 Å². The average molecular weight is 423 g/mol. The Kier molecular flexibility index (Phi) is 6.37. The zero-order chi connectivity index (χ0) is 21.6. The fourth-order valence-corrected chi connectivity index (χ4v) is 3.79. The Morgan fingerprint density at radius 1 is 1.29 bits per heavy atom. The molecular weight excluding hydrogens is 398 g/mol. The van der Waals surface area contributed by atoms with Gasteiger partial charge in [-0.1, -0.05) is 35.5 Å². The molecule has 1 aliphatic rings. The molecular formula is C21H25N7O3. The van der Waals surface area contributed by atoms with Gasteiger partial charge in [0.25, 0.3) is 11.8 Å². The molecule has 162 valence electrons. The molecule has 1 atom stereocenters. The van der Waals surface area contributed by atoms with E-state index >= 15 is 0 Å². The van der Waals surface area contributed by atoms with Gasteiger partial charge in [0, 0.05) is 25.8 Å². The van der Waals surface area contributed by atoms with Gasteiger partial charge in [-0.15, -0.1) is 5.10 Å². The number of H-pyrrole nitrogens is 1. The van der Waals surface area contributed by atoms with Crippen molar-refractivity contribution in [3.8, 4) is 11.3 Å². The summed E-state index contributed by atoms with van der Waals surface area (Å²) in [6.45, 7) is 1.98. The topological polar surface area (TPSA) is 118 Å². The highest BCUT2D eigenvalue weighted by Crippen LogP contribution is 2.26. The molecule has 1 saturated heterocycles. The number of methoxy groups -OCH3 is 1. The maximum Gasteiger partial charge on any atom is 0.273 e. The number of nitrogens with one attached hydrogen (secondary N) is 2. The zero-order valence-electron chi connectivity index (χ0n) is 17.3. The molecule has 0 radical (unpaired) electrons. The van der Waals surface area contributed by atoms with Gasteiger partial charge in [-0.3, -0.25) is 14.7 Å². The first-order chi connectivity index (χ1) is 15.2. The van der Waals surface area contributed by atoms with E-state index in [1.165, 1.54) is 0 Å². The highest BCUT2D eigenvalue weighted by molar-refractivity contribution is 6.00. The van der Waals surface area contributed by atoms with E-state index in [1.54, 1.807) is 24.2 Å². The SMILES string of the molecule is COCCNC(=O)c1cn(C[C@@H]2CCCN2C(=O)c2cn[nH]c2-c2ccccc2)nn1. The van der Waals surface area contributed by atoms with Crippen molar-refractivity contribution in [2.45, 2.75) is 25.4 Å². The minimum atomic E-state index is -0.298. The molecule has 1 aliphatic heterocycles. The summed E-state index contributed by atoms with van der Waals surface area (Å²) in [4.78, 5) is 27.3. The minimum Gasteiger partial charge on any atom is -0.383 e. The van der Waals surface area contributed by atoms with Gasteiger partial charge in [0.1, 0.15) is 0 Å². The second kappa shape index (κ2) is 9.52. The number of amides is 2. The summed E-state index contributed by atoms with van der Waals surface area (Å²) in [5, 5.41) is 17.8. The van der Waals surface area contributed by atoms with Crippen molar-refractivity contribution in [1.82, 2.24) is 35.4 Å². The van der Waals surface area contributed by atoms with Crippen LogP contribution in [0.2, 0.25) is 0 Å². The number of carbonyl (C=O) groups excluding carboxylic acids is 2. The van der Waals surface area contributed by atoms with Crippen LogP contribution < -0.4 is 5.32 Å². The molecule has 0 saturated carbocycles. The predicted molar refractivity (Wildman–Crippen MR) is 112 cm³/mol. The van der Waals surface area contributed by atoms with Crippen LogP contribution in [-0.4, -0.2) is 74.8 Å². The van der Waals surface area contributed by atoms with Crippen molar-refractivity contribution in [1.29, 1.82) is 0 Å². The lowest BCUT2D eigenvalue weighted by Gasteiger charge is -2.24. The Hall–Kier alpha value is -3.53. The van der Waals surface area contributed by atoms with Crippen molar-refractivity contribution in [2.75, 3.05) is 26.8 Å². The van der Waals surface area contributed by atoms with Crippen LogP contribution in [-0.2, 0) is 11.3 Å². The van der Waals surface area contributed by atoms with E-state index in [2.05, 4.69) is 25.8 Å². The second-order valence-corrected chi connectivity index (χ2v) is 7.39. The molecule has 10 nitrogen and oxygen atoms in total. The molecule has 0 bridgehead atoms. The maximum absolute atomic E-state index is 13.3. The summed E-state index contributed by atoms with van der Waals surface area (Å²) < 4.78 is 6.54. The summed E-state index contributed by atoms with van der Waals surface area (Å²) in [5.74, 6) is -0.360. The highest BCUT2D eigenvalue weighted by atomic mass is 16.5. The van der Waals surface area contributed by atoms with Gasteiger partial charge >= 0.3 is 0 Å². The van der Waals surface area contributed by atoms with Gasteiger partial charge in [0.05, 0.1) is 42.8 Å². The number of aromatic nitrogens is 5. The number of hydrogen-bond donors (Lipinski definition) is 2. The minimum absolute atomic E-state index is 0.0304. The van der Waals surface area contributed by atoms with E-state index < -0.39 is 0 Å². The van der Waals surface area contributed by atoms with Gasteiger partial charge < -0.3 is 15.0 Å². The van der Waals surface area contributed by atoms with Crippen LogP contribution in [0.5, 0.6) is 0 Å². The van der Waals surface area contributed by atoms with Crippen LogP contribution in [0.15, 0.2) is 42.7 Å². The van der Waals surface area contributed by atoms with E-state index in [0.717, 1.165) is 18.4 Å².